The molecule has 2 aromatic rings. The third kappa shape index (κ3) is 5.73. The average Bonchev–Trinajstić information content (AvgIpc) is 3.65. The van der Waals surface area contributed by atoms with Crippen LogP contribution in [0.25, 0.3) is 5.70 Å². The van der Waals surface area contributed by atoms with Crippen LogP contribution in [0.2, 0.25) is 0 Å². The number of benzene rings is 2. The molecule has 0 bridgehead atoms. The molecule has 40 heavy (non-hydrogen) atoms. The predicted octanol–water partition coefficient (Wildman–Crippen LogP) is 4.66. The summed E-state index contributed by atoms with van der Waals surface area (Å²) in [6.07, 6.45) is 2.13. The van der Waals surface area contributed by atoms with Gasteiger partial charge in [0.15, 0.2) is 16.7 Å². The van der Waals surface area contributed by atoms with Crippen molar-refractivity contribution >= 4 is 34.5 Å². The minimum absolute atomic E-state index is 0.0503. The van der Waals surface area contributed by atoms with Gasteiger partial charge in [-0.1, -0.05) is 48.2 Å². The first kappa shape index (κ1) is 27.8. The zero-order chi connectivity index (χ0) is 28.1. The predicted molar refractivity (Wildman–Crippen MR) is 154 cm³/mol. The van der Waals surface area contributed by atoms with Crippen molar-refractivity contribution in [3.63, 3.8) is 0 Å². The molecule has 2 aromatic carbocycles. The second kappa shape index (κ2) is 12.6. The van der Waals surface area contributed by atoms with E-state index in [0.717, 1.165) is 36.3 Å². The standard InChI is InChI=1S/C30H33N3O6S/c1-4-38-29(35)26-27(19-9-6-5-7-10-19)32-30-33(28(26)20-12-13-23(36-2)24(15-20)37-3)21(18-40-30)16-25(34)31-17-22-11-8-14-39-22/h5-7,9-10,12-13,15,18,22,28H,4,8,11,14,16-17H2,1-3H3,(H,31,34)/t22-,28-/m1/s1. The van der Waals surface area contributed by atoms with Gasteiger partial charge in [-0.3, -0.25) is 4.79 Å². The number of carbonyl (C=O) groups excluding carboxylic acids is 2. The van der Waals surface area contributed by atoms with Crippen molar-refractivity contribution in [2.24, 2.45) is 4.99 Å². The molecule has 10 heteroatoms. The molecule has 3 aliphatic rings. The van der Waals surface area contributed by atoms with E-state index in [2.05, 4.69) is 5.32 Å². The molecule has 3 aliphatic heterocycles. The van der Waals surface area contributed by atoms with Gasteiger partial charge in [0, 0.05) is 24.4 Å². The first-order chi connectivity index (χ1) is 19.5. The monoisotopic (exact) mass is 563 g/mol. The minimum Gasteiger partial charge on any atom is -0.493 e. The fraction of sp³-hybridized carbons (Fsp3) is 0.367. The van der Waals surface area contributed by atoms with Crippen LogP contribution < -0.4 is 14.8 Å². The normalized spacial score (nSPS) is 20.0. The Kier molecular flexibility index (Phi) is 8.76. The number of methoxy groups -OCH3 is 2. The number of amidine groups is 1. The van der Waals surface area contributed by atoms with Crippen LogP contribution >= 0.6 is 11.8 Å². The molecule has 1 saturated heterocycles. The van der Waals surface area contributed by atoms with E-state index < -0.39 is 12.0 Å². The number of hydrogen-bond acceptors (Lipinski definition) is 9. The van der Waals surface area contributed by atoms with Gasteiger partial charge in [0.25, 0.3) is 0 Å². The number of carbonyl (C=O) groups is 2. The van der Waals surface area contributed by atoms with Gasteiger partial charge >= 0.3 is 5.97 Å². The van der Waals surface area contributed by atoms with Crippen LogP contribution in [-0.2, 0) is 19.1 Å². The van der Waals surface area contributed by atoms with Crippen LogP contribution in [0.3, 0.4) is 0 Å². The van der Waals surface area contributed by atoms with E-state index in [0.29, 0.717) is 34.5 Å². The van der Waals surface area contributed by atoms with Gasteiger partial charge in [0.2, 0.25) is 5.91 Å². The first-order valence-corrected chi connectivity index (χ1v) is 14.2. The summed E-state index contributed by atoms with van der Waals surface area (Å²) in [6.45, 7) is 3.20. The Bertz CT molecular complexity index is 1350. The summed E-state index contributed by atoms with van der Waals surface area (Å²) >= 11 is 1.43. The van der Waals surface area contributed by atoms with Crippen molar-refractivity contribution in [2.45, 2.75) is 38.3 Å². The summed E-state index contributed by atoms with van der Waals surface area (Å²) in [4.78, 5) is 33.6. The molecule has 0 radical (unpaired) electrons. The Morgan fingerprint density at radius 3 is 2.62 bits per heavy atom. The Hall–Kier alpha value is -3.76. The van der Waals surface area contributed by atoms with E-state index in [1.54, 1.807) is 21.1 Å². The molecular formula is C30H33N3O6S. The number of aliphatic imine (C=N–C) groups is 1. The number of ether oxygens (including phenoxy) is 4. The van der Waals surface area contributed by atoms with E-state index in [1.807, 2.05) is 58.8 Å². The fourth-order valence-corrected chi connectivity index (χ4v) is 6.01. The van der Waals surface area contributed by atoms with E-state index in [1.165, 1.54) is 11.8 Å². The molecule has 2 atom stereocenters. The van der Waals surface area contributed by atoms with Crippen molar-refractivity contribution in [3.05, 3.63) is 76.3 Å². The molecule has 0 unspecified atom stereocenters. The highest BCUT2D eigenvalue weighted by Crippen LogP contribution is 2.48. The number of nitrogens with zero attached hydrogens (tertiary/aromatic N) is 2. The number of thioether (sulfide) groups is 1. The molecule has 1 fully saturated rings. The van der Waals surface area contributed by atoms with Crippen molar-refractivity contribution < 1.29 is 28.5 Å². The third-order valence-electron chi connectivity index (χ3n) is 6.97. The zero-order valence-electron chi connectivity index (χ0n) is 22.8. The summed E-state index contributed by atoms with van der Waals surface area (Å²) in [7, 11) is 3.15. The van der Waals surface area contributed by atoms with Gasteiger partial charge in [-0.05, 0) is 42.9 Å². The maximum atomic E-state index is 13.7. The van der Waals surface area contributed by atoms with E-state index in [-0.39, 0.29) is 25.0 Å². The number of hydrogen-bond donors (Lipinski definition) is 1. The van der Waals surface area contributed by atoms with Gasteiger partial charge < -0.3 is 29.2 Å². The minimum atomic E-state index is -0.617. The Morgan fingerprint density at radius 2 is 1.93 bits per heavy atom. The topological polar surface area (TPSA) is 98.7 Å². The van der Waals surface area contributed by atoms with Gasteiger partial charge in [-0.15, -0.1) is 0 Å². The Labute approximate surface area is 238 Å². The highest BCUT2D eigenvalue weighted by Gasteiger charge is 2.42. The lowest BCUT2D eigenvalue weighted by Gasteiger charge is -2.37. The zero-order valence-corrected chi connectivity index (χ0v) is 23.7. The molecule has 0 saturated carbocycles. The molecule has 3 heterocycles. The van der Waals surface area contributed by atoms with Crippen LogP contribution in [0, 0.1) is 0 Å². The molecule has 0 spiro atoms. The van der Waals surface area contributed by atoms with Crippen LogP contribution in [0.1, 0.15) is 43.4 Å². The highest BCUT2D eigenvalue weighted by molar-refractivity contribution is 8.16. The van der Waals surface area contributed by atoms with Crippen molar-refractivity contribution in [1.29, 1.82) is 0 Å². The highest BCUT2D eigenvalue weighted by atomic mass is 32.2. The summed E-state index contributed by atoms with van der Waals surface area (Å²) in [5, 5.41) is 5.60. The number of esters is 1. The molecular weight excluding hydrogens is 530 g/mol. The molecule has 0 aliphatic carbocycles. The summed E-state index contributed by atoms with van der Waals surface area (Å²) < 4.78 is 22.3. The molecule has 210 valence electrons. The Balaban J connectivity index is 1.57. The van der Waals surface area contributed by atoms with Gasteiger partial charge in [0.05, 0.1) is 50.7 Å². The molecule has 0 aromatic heterocycles. The summed E-state index contributed by atoms with van der Waals surface area (Å²) in [5.41, 5.74) is 3.23. The number of amides is 1. The molecule has 1 amide bonds. The SMILES string of the molecule is CCOC(=O)C1=C(c2ccccc2)N=C2SC=C(CC(=O)NC[C@H]3CCCO3)N2[C@@H]1c1ccc(OC)c(OC)c1. The second-order valence-corrected chi connectivity index (χ2v) is 10.3. The van der Waals surface area contributed by atoms with Crippen LogP contribution in [0.4, 0.5) is 0 Å². The van der Waals surface area contributed by atoms with Gasteiger partial charge in [-0.2, -0.15) is 0 Å². The average molecular weight is 564 g/mol. The number of rotatable bonds is 10. The fourth-order valence-electron chi connectivity index (χ4n) is 5.09. The van der Waals surface area contributed by atoms with E-state index in [4.69, 9.17) is 23.9 Å². The number of nitrogens with one attached hydrogen (secondary N) is 1. The molecule has 1 N–H and O–H groups in total. The lowest BCUT2D eigenvalue weighted by atomic mass is 9.91. The van der Waals surface area contributed by atoms with Crippen molar-refractivity contribution in [3.8, 4) is 11.5 Å². The quantitative estimate of drug-likeness (QED) is 0.417. The maximum absolute atomic E-state index is 13.7. The van der Waals surface area contributed by atoms with Crippen LogP contribution in [0.15, 0.2) is 70.2 Å². The summed E-state index contributed by atoms with van der Waals surface area (Å²) in [6, 6.07) is 14.5. The second-order valence-electron chi connectivity index (χ2n) is 9.47. The lowest BCUT2D eigenvalue weighted by molar-refractivity contribution is -0.139. The Morgan fingerprint density at radius 1 is 1.12 bits per heavy atom. The van der Waals surface area contributed by atoms with Gasteiger partial charge in [0.1, 0.15) is 0 Å². The van der Waals surface area contributed by atoms with Crippen molar-refractivity contribution in [1.82, 2.24) is 10.2 Å². The lowest BCUT2D eigenvalue weighted by Crippen LogP contribution is -2.39. The summed E-state index contributed by atoms with van der Waals surface area (Å²) in [5.74, 6) is 0.509. The number of fused-ring (bicyclic) bond motifs is 1. The van der Waals surface area contributed by atoms with Crippen LogP contribution in [-0.4, -0.2) is 62.0 Å². The van der Waals surface area contributed by atoms with Crippen LogP contribution in [0.5, 0.6) is 11.5 Å². The molecule has 5 rings (SSSR count). The largest absolute Gasteiger partial charge is 0.493 e. The first-order valence-electron chi connectivity index (χ1n) is 13.3. The smallest absolute Gasteiger partial charge is 0.338 e. The molecule has 9 nitrogen and oxygen atoms in total. The third-order valence-corrected chi connectivity index (χ3v) is 7.86. The van der Waals surface area contributed by atoms with E-state index >= 15 is 0 Å². The van der Waals surface area contributed by atoms with E-state index in [9.17, 15) is 9.59 Å². The van der Waals surface area contributed by atoms with Gasteiger partial charge in [-0.25, -0.2) is 9.79 Å². The maximum Gasteiger partial charge on any atom is 0.338 e. The van der Waals surface area contributed by atoms with Crippen molar-refractivity contribution in [2.75, 3.05) is 34.0 Å².